The minimum Gasteiger partial charge on any atom is -0.349 e. The maximum atomic E-state index is 12.5. The number of ketones is 1. The molecule has 0 radical (unpaired) electrons. The Bertz CT molecular complexity index is 965. The summed E-state index contributed by atoms with van der Waals surface area (Å²) >= 11 is 0. The first kappa shape index (κ1) is 21.0. The lowest BCUT2D eigenvalue weighted by Crippen LogP contribution is -2.37. The van der Waals surface area contributed by atoms with Crippen LogP contribution in [0.1, 0.15) is 18.5 Å². The third-order valence-corrected chi connectivity index (χ3v) is 7.50. The van der Waals surface area contributed by atoms with Crippen LogP contribution in [-0.2, 0) is 14.4 Å². The number of nitrogens with one attached hydrogen (secondary N) is 1. The van der Waals surface area contributed by atoms with Gasteiger partial charge in [-0.15, -0.1) is 0 Å². The molecule has 1 heterocycles. The Labute approximate surface area is 173 Å². The summed E-state index contributed by atoms with van der Waals surface area (Å²) in [6.45, 7) is 9.01. The molecule has 3 rings (SSSR count). The quantitative estimate of drug-likeness (QED) is 0.470. The zero-order valence-electron chi connectivity index (χ0n) is 17.7. The Kier molecular flexibility index (Phi) is 5.75. The van der Waals surface area contributed by atoms with Crippen LogP contribution < -0.4 is 10.5 Å². The summed E-state index contributed by atoms with van der Waals surface area (Å²) in [4.78, 5) is 37.5. The molecule has 0 aliphatic carbocycles. The van der Waals surface area contributed by atoms with Gasteiger partial charge < -0.3 is 10.2 Å². The molecule has 5 nitrogen and oxygen atoms in total. The lowest BCUT2D eigenvalue weighted by molar-refractivity contribution is -0.142. The molecule has 0 aromatic heterocycles. The number of benzene rings is 2. The van der Waals surface area contributed by atoms with E-state index in [2.05, 4.69) is 61.4 Å². The Hall–Kier alpha value is -2.73. The Morgan fingerprint density at radius 2 is 1.69 bits per heavy atom. The standard InChI is InChI=1S/C23H28N2O3Si/c1-15(24-22(27)20-14-25(2)23(28)21(20)26)16-8-6-9-17(12-16)18-10-7-11-19(13-18)29(3,4)5/h6-13,15,20H,14H2,1-5H3,(H,24,27)/t15-,20?/m1/s1. The Morgan fingerprint density at radius 3 is 2.28 bits per heavy atom. The summed E-state index contributed by atoms with van der Waals surface area (Å²) in [6, 6.07) is 16.5. The average molecular weight is 409 g/mol. The summed E-state index contributed by atoms with van der Waals surface area (Å²) in [5, 5.41) is 4.29. The van der Waals surface area contributed by atoms with Crippen LogP contribution in [0.3, 0.4) is 0 Å². The number of carbonyl (C=O) groups excluding carboxylic acids is 3. The smallest absolute Gasteiger partial charge is 0.290 e. The maximum Gasteiger partial charge on any atom is 0.290 e. The maximum absolute atomic E-state index is 12.5. The van der Waals surface area contributed by atoms with E-state index < -0.39 is 31.6 Å². The number of likely N-dealkylation sites (N-methyl/N-ethyl adjacent to an activating group) is 1. The lowest BCUT2D eigenvalue weighted by Gasteiger charge is -2.19. The van der Waals surface area contributed by atoms with Gasteiger partial charge in [-0.3, -0.25) is 14.4 Å². The second kappa shape index (κ2) is 7.95. The molecular weight excluding hydrogens is 380 g/mol. The van der Waals surface area contributed by atoms with Gasteiger partial charge in [-0.1, -0.05) is 67.3 Å². The molecule has 1 aliphatic heterocycles. The number of likely N-dealkylation sites (tertiary alicyclic amines) is 1. The first-order valence-electron chi connectivity index (χ1n) is 9.88. The SMILES string of the molecule is C[C@@H](NC(=O)C1CN(C)C(=O)C1=O)c1cccc(-c2cccc([Si](C)(C)C)c2)c1. The molecule has 29 heavy (non-hydrogen) atoms. The van der Waals surface area contributed by atoms with Gasteiger partial charge in [0.05, 0.1) is 14.1 Å². The number of nitrogens with zero attached hydrogens (tertiary/aromatic N) is 1. The van der Waals surface area contributed by atoms with E-state index in [1.54, 1.807) is 0 Å². The second-order valence-corrected chi connectivity index (χ2v) is 13.9. The van der Waals surface area contributed by atoms with Crippen LogP contribution in [0.5, 0.6) is 0 Å². The van der Waals surface area contributed by atoms with Crippen molar-refractivity contribution in [2.75, 3.05) is 13.6 Å². The van der Waals surface area contributed by atoms with E-state index >= 15 is 0 Å². The summed E-state index contributed by atoms with van der Waals surface area (Å²) in [5.74, 6) is -2.55. The average Bonchev–Trinajstić information content (AvgIpc) is 2.95. The van der Waals surface area contributed by atoms with Crippen molar-refractivity contribution in [1.29, 1.82) is 0 Å². The van der Waals surface area contributed by atoms with Gasteiger partial charge in [0.1, 0.15) is 5.92 Å². The molecule has 0 spiro atoms. The largest absolute Gasteiger partial charge is 0.349 e. The van der Waals surface area contributed by atoms with E-state index in [0.29, 0.717) is 0 Å². The van der Waals surface area contributed by atoms with E-state index in [0.717, 1.165) is 16.7 Å². The third kappa shape index (κ3) is 4.48. The van der Waals surface area contributed by atoms with Crippen LogP contribution in [0.15, 0.2) is 48.5 Å². The first-order valence-corrected chi connectivity index (χ1v) is 13.4. The fourth-order valence-corrected chi connectivity index (χ4v) is 4.71. The highest BCUT2D eigenvalue weighted by Gasteiger charge is 2.41. The van der Waals surface area contributed by atoms with Gasteiger partial charge in [-0.2, -0.15) is 0 Å². The topological polar surface area (TPSA) is 66.5 Å². The third-order valence-electron chi connectivity index (χ3n) is 5.45. The van der Waals surface area contributed by atoms with Gasteiger partial charge in [0, 0.05) is 13.6 Å². The second-order valence-electron chi connectivity index (χ2n) is 8.79. The Balaban J connectivity index is 1.78. The van der Waals surface area contributed by atoms with E-state index in [9.17, 15) is 14.4 Å². The number of hydrogen-bond acceptors (Lipinski definition) is 3. The lowest BCUT2D eigenvalue weighted by atomic mass is 9.99. The molecule has 2 amide bonds. The van der Waals surface area contributed by atoms with Crippen LogP contribution >= 0.6 is 0 Å². The van der Waals surface area contributed by atoms with Crippen molar-refractivity contribution in [2.24, 2.45) is 5.92 Å². The number of hydrogen-bond donors (Lipinski definition) is 1. The number of Topliss-reactive ketones (excluding diaryl/α,β-unsaturated/α-hetero) is 1. The molecule has 1 unspecified atom stereocenters. The number of carbonyl (C=O) groups is 3. The van der Waals surface area contributed by atoms with Crippen molar-refractivity contribution in [1.82, 2.24) is 10.2 Å². The van der Waals surface area contributed by atoms with Crippen molar-refractivity contribution in [3.8, 4) is 11.1 Å². The van der Waals surface area contributed by atoms with Gasteiger partial charge in [0.25, 0.3) is 5.91 Å². The number of rotatable bonds is 5. The monoisotopic (exact) mass is 408 g/mol. The van der Waals surface area contributed by atoms with Crippen LogP contribution in [0.4, 0.5) is 0 Å². The molecule has 1 saturated heterocycles. The van der Waals surface area contributed by atoms with Gasteiger partial charge >= 0.3 is 0 Å². The minimum absolute atomic E-state index is 0.139. The normalized spacial score (nSPS) is 18.1. The molecule has 1 fully saturated rings. The molecular formula is C23H28N2O3Si. The van der Waals surface area contributed by atoms with Crippen molar-refractivity contribution >= 4 is 30.9 Å². The molecule has 6 heteroatoms. The van der Waals surface area contributed by atoms with Gasteiger partial charge in [-0.25, -0.2) is 0 Å². The van der Waals surface area contributed by atoms with Crippen LogP contribution in [0.2, 0.25) is 19.6 Å². The van der Waals surface area contributed by atoms with Gasteiger partial charge in [-0.05, 0) is 29.7 Å². The van der Waals surface area contributed by atoms with Crippen molar-refractivity contribution < 1.29 is 14.4 Å². The van der Waals surface area contributed by atoms with E-state index in [4.69, 9.17) is 0 Å². The summed E-state index contributed by atoms with van der Waals surface area (Å²) < 4.78 is 0. The van der Waals surface area contributed by atoms with Crippen LogP contribution in [-0.4, -0.2) is 44.2 Å². The van der Waals surface area contributed by atoms with Crippen molar-refractivity contribution in [3.05, 3.63) is 54.1 Å². The predicted molar refractivity (Wildman–Crippen MR) is 118 cm³/mol. The van der Waals surface area contributed by atoms with Crippen LogP contribution in [0, 0.1) is 5.92 Å². The molecule has 1 aliphatic rings. The highest BCUT2D eigenvalue weighted by atomic mass is 28.3. The zero-order chi connectivity index (χ0) is 21.3. The predicted octanol–water partition coefficient (Wildman–Crippen LogP) is 2.73. The molecule has 1 N–H and O–H groups in total. The van der Waals surface area contributed by atoms with Crippen molar-refractivity contribution in [2.45, 2.75) is 32.6 Å². The van der Waals surface area contributed by atoms with Crippen LogP contribution in [0.25, 0.3) is 11.1 Å². The summed E-state index contributed by atoms with van der Waals surface area (Å²) in [6.07, 6.45) is 0. The molecule has 0 saturated carbocycles. The molecule has 2 atom stereocenters. The summed E-state index contributed by atoms with van der Waals surface area (Å²) in [7, 11) is 0.128. The zero-order valence-corrected chi connectivity index (χ0v) is 18.7. The van der Waals surface area contributed by atoms with Gasteiger partial charge in [0.2, 0.25) is 11.7 Å². The molecule has 152 valence electrons. The first-order chi connectivity index (χ1) is 13.6. The van der Waals surface area contributed by atoms with Crippen molar-refractivity contribution in [3.63, 3.8) is 0 Å². The highest BCUT2D eigenvalue weighted by molar-refractivity contribution is 6.88. The molecule has 0 bridgehead atoms. The number of amides is 2. The van der Waals surface area contributed by atoms with E-state index in [1.807, 2.05) is 19.1 Å². The summed E-state index contributed by atoms with van der Waals surface area (Å²) in [5.41, 5.74) is 3.21. The van der Waals surface area contributed by atoms with E-state index in [-0.39, 0.29) is 12.6 Å². The Morgan fingerprint density at radius 1 is 1.07 bits per heavy atom. The highest BCUT2D eigenvalue weighted by Crippen LogP contribution is 2.24. The van der Waals surface area contributed by atoms with E-state index in [1.165, 1.54) is 17.1 Å². The van der Waals surface area contributed by atoms with Gasteiger partial charge in [0.15, 0.2) is 0 Å². The minimum atomic E-state index is -1.41. The molecule has 2 aromatic rings. The fourth-order valence-electron chi connectivity index (χ4n) is 3.53. The molecule has 2 aromatic carbocycles. The fraction of sp³-hybridized carbons (Fsp3) is 0.348.